The van der Waals surface area contributed by atoms with Gasteiger partial charge in [0, 0.05) is 29.7 Å². The van der Waals surface area contributed by atoms with Gasteiger partial charge in [-0.1, -0.05) is 24.3 Å². The topological polar surface area (TPSA) is 53.1 Å². The molecule has 0 amide bonds. The normalized spacial score (nSPS) is 14.7. The van der Waals surface area contributed by atoms with Crippen LogP contribution in [0.15, 0.2) is 36.4 Å². The number of benzene rings is 2. The summed E-state index contributed by atoms with van der Waals surface area (Å²) in [6.45, 7) is 0. The summed E-state index contributed by atoms with van der Waals surface area (Å²) in [6, 6.07) is 12.9. The Balaban J connectivity index is 2.22. The molecule has 1 aliphatic carbocycles. The monoisotopic (exact) mass is 239 g/mol. The van der Waals surface area contributed by atoms with E-state index in [9.17, 15) is 0 Å². The molecule has 18 heavy (non-hydrogen) atoms. The Labute approximate surface area is 107 Å². The van der Waals surface area contributed by atoms with Crippen molar-refractivity contribution in [3.05, 3.63) is 42.0 Å². The maximum absolute atomic E-state index is 7.66. The number of amidine groups is 1. The third kappa shape index (κ3) is 1.72. The van der Waals surface area contributed by atoms with Crippen LogP contribution < -0.4 is 10.6 Å². The Morgan fingerprint density at radius 2 is 1.83 bits per heavy atom. The lowest BCUT2D eigenvalue weighted by Crippen LogP contribution is -2.20. The highest BCUT2D eigenvalue weighted by Crippen LogP contribution is 2.35. The van der Waals surface area contributed by atoms with Crippen molar-refractivity contribution >= 4 is 22.3 Å². The number of anilines is 1. The maximum Gasteiger partial charge on any atom is 0.123 e. The Morgan fingerprint density at radius 3 is 2.44 bits per heavy atom. The first kappa shape index (κ1) is 11.1. The third-order valence-electron chi connectivity index (χ3n) is 3.67. The zero-order valence-electron chi connectivity index (χ0n) is 10.5. The van der Waals surface area contributed by atoms with Gasteiger partial charge in [-0.3, -0.25) is 5.41 Å². The number of fused-ring (bicyclic) bond motifs is 1. The Kier molecular flexibility index (Phi) is 2.47. The molecule has 0 heterocycles. The summed E-state index contributed by atoms with van der Waals surface area (Å²) in [5.74, 6) is 0.131. The molecule has 3 N–H and O–H groups in total. The number of nitrogens with one attached hydrogen (secondary N) is 1. The smallest absolute Gasteiger partial charge is 0.123 e. The van der Waals surface area contributed by atoms with E-state index in [1.165, 1.54) is 23.9 Å². The van der Waals surface area contributed by atoms with Crippen molar-refractivity contribution in [2.24, 2.45) is 5.73 Å². The van der Waals surface area contributed by atoms with Gasteiger partial charge in [-0.2, -0.15) is 0 Å². The second-order valence-corrected chi connectivity index (χ2v) is 4.93. The molecule has 1 saturated carbocycles. The van der Waals surface area contributed by atoms with Gasteiger partial charge in [-0.25, -0.2) is 0 Å². The van der Waals surface area contributed by atoms with Gasteiger partial charge in [0.25, 0.3) is 0 Å². The molecule has 92 valence electrons. The van der Waals surface area contributed by atoms with E-state index in [0.717, 1.165) is 10.9 Å². The van der Waals surface area contributed by atoms with Crippen LogP contribution in [0.1, 0.15) is 18.4 Å². The van der Waals surface area contributed by atoms with Crippen LogP contribution in [0, 0.1) is 5.41 Å². The van der Waals surface area contributed by atoms with E-state index in [0.29, 0.717) is 6.04 Å². The van der Waals surface area contributed by atoms with Gasteiger partial charge in [-0.05, 0) is 30.4 Å². The van der Waals surface area contributed by atoms with Crippen molar-refractivity contribution in [3.8, 4) is 0 Å². The minimum atomic E-state index is 0.131. The first-order valence-corrected chi connectivity index (χ1v) is 6.27. The molecule has 1 aliphatic rings. The van der Waals surface area contributed by atoms with Crippen molar-refractivity contribution < 1.29 is 0 Å². The first-order valence-electron chi connectivity index (χ1n) is 6.27. The van der Waals surface area contributed by atoms with Gasteiger partial charge in [0.05, 0.1) is 0 Å². The fourth-order valence-corrected chi connectivity index (χ4v) is 2.48. The third-order valence-corrected chi connectivity index (χ3v) is 3.67. The quantitative estimate of drug-likeness (QED) is 0.639. The van der Waals surface area contributed by atoms with Crippen LogP contribution in [0.2, 0.25) is 0 Å². The average Bonchev–Trinajstić information content (AvgIpc) is 3.20. The number of nitrogen functional groups attached to an aromatic ring is 1. The Hall–Kier alpha value is -2.03. The van der Waals surface area contributed by atoms with Gasteiger partial charge < -0.3 is 10.6 Å². The molecule has 0 atom stereocenters. The highest BCUT2D eigenvalue weighted by atomic mass is 15.2. The molecule has 3 rings (SSSR count). The summed E-state index contributed by atoms with van der Waals surface area (Å²) in [5, 5.41) is 9.90. The predicted molar refractivity (Wildman–Crippen MR) is 76.4 cm³/mol. The van der Waals surface area contributed by atoms with Crippen molar-refractivity contribution in [2.45, 2.75) is 18.9 Å². The summed E-state index contributed by atoms with van der Waals surface area (Å²) in [4.78, 5) is 2.34. The lowest BCUT2D eigenvalue weighted by molar-refractivity contribution is 0.922. The van der Waals surface area contributed by atoms with Gasteiger partial charge in [0.2, 0.25) is 0 Å². The van der Waals surface area contributed by atoms with Crippen LogP contribution in [-0.4, -0.2) is 18.9 Å². The predicted octanol–water partition coefficient (Wildman–Crippen LogP) is 2.72. The molecule has 0 spiro atoms. The number of rotatable bonds is 3. The summed E-state index contributed by atoms with van der Waals surface area (Å²) in [7, 11) is 2.15. The zero-order valence-corrected chi connectivity index (χ0v) is 10.5. The maximum atomic E-state index is 7.66. The lowest BCUT2D eigenvalue weighted by atomic mass is 10.0. The van der Waals surface area contributed by atoms with Crippen LogP contribution >= 0.6 is 0 Å². The van der Waals surface area contributed by atoms with Crippen molar-refractivity contribution in [1.29, 1.82) is 5.41 Å². The molecular formula is C15H17N3. The highest BCUT2D eigenvalue weighted by Gasteiger charge is 2.27. The van der Waals surface area contributed by atoms with Crippen molar-refractivity contribution in [2.75, 3.05) is 11.9 Å². The van der Waals surface area contributed by atoms with E-state index < -0.39 is 0 Å². The van der Waals surface area contributed by atoms with Crippen LogP contribution in [0.3, 0.4) is 0 Å². The second kappa shape index (κ2) is 4.02. The van der Waals surface area contributed by atoms with Crippen LogP contribution in [0.25, 0.3) is 10.8 Å². The Bertz CT molecular complexity index is 614. The Morgan fingerprint density at radius 1 is 1.17 bits per heavy atom. The minimum absolute atomic E-state index is 0.131. The largest absolute Gasteiger partial charge is 0.384 e. The number of nitrogens with two attached hydrogens (primary N) is 1. The first-order chi connectivity index (χ1) is 8.68. The highest BCUT2D eigenvalue weighted by molar-refractivity contribution is 6.10. The summed E-state index contributed by atoms with van der Waals surface area (Å²) in [5.41, 5.74) is 7.70. The molecule has 0 aliphatic heterocycles. The SMILES string of the molecule is CN(c1ccc(C(=N)N)c2ccccc12)C1CC1. The summed E-state index contributed by atoms with van der Waals surface area (Å²) < 4.78 is 0. The number of hydrogen-bond acceptors (Lipinski definition) is 2. The van der Waals surface area contributed by atoms with Crippen molar-refractivity contribution in [3.63, 3.8) is 0 Å². The molecule has 0 radical (unpaired) electrons. The standard InChI is InChI=1S/C15H17N3/c1-18(10-6-7-10)14-9-8-13(15(16)17)11-4-2-3-5-12(11)14/h2-5,8-10H,6-7H2,1H3,(H3,16,17). The second-order valence-electron chi connectivity index (χ2n) is 4.93. The molecule has 0 unspecified atom stereocenters. The molecule has 1 fully saturated rings. The number of nitrogens with zero attached hydrogens (tertiary/aromatic N) is 1. The van der Waals surface area contributed by atoms with Gasteiger partial charge in [0.15, 0.2) is 0 Å². The molecule has 0 aromatic heterocycles. The van der Waals surface area contributed by atoms with Crippen LogP contribution in [0.4, 0.5) is 5.69 Å². The van der Waals surface area contributed by atoms with E-state index in [1.54, 1.807) is 0 Å². The molecule has 2 aromatic carbocycles. The molecule has 0 saturated heterocycles. The molecule has 2 aromatic rings. The van der Waals surface area contributed by atoms with Crippen molar-refractivity contribution in [1.82, 2.24) is 0 Å². The fraction of sp³-hybridized carbons (Fsp3) is 0.267. The zero-order chi connectivity index (χ0) is 12.7. The van der Waals surface area contributed by atoms with Crippen LogP contribution in [0.5, 0.6) is 0 Å². The molecule has 3 nitrogen and oxygen atoms in total. The van der Waals surface area contributed by atoms with E-state index >= 15 is 0 Å². The molecule has 0 bridgehead atoms. The minimum Gasteiger partial charge on any atom is -0.384 e. The van der Waals surface area contributed by atoms with Gasteiger partial charge in [-0.15, -0.1) is 0 Å². The van der Waals surface area contributed by atoms with E-state index in [-0.39, 0.29) is 5.84 Å². The molecular weight excluding hydrogens is 222 g/mol. The summed E-state index contributed by atoms with van der Waals surface area (Å²) in [6.07, 6.45) is 2.55. The summed E-state index contributed by atoms with van der Waals surface area (Å²) >= 11 is 0. The molecule has 3 heteroatoms. The van der Waals surface area contributed by atoms with Gasteiger partial charge >= 0.3 is 0 Å². The average molecular weight is 239 g/mol. The van der Waals surface area contributed by atoms with Gasteiger partial charge in [0.1, 0.15) is 5.84 Å². The van der Waals surface area contributed by atoms with Crippen LogP contribution in [-0.2, 0) is 0 Å². The fourth-order valence-electron chi connectivity index (χ4n) is 2.48. The van der Waals surface area contributed by atoms with E-state index in [1.807, 2.05) is 24.3 Å². The number of hydrogen-bond donors (Lipinski definition) is 2. The lowest BCUT2D eigenvalue weighted by Gasteiger charge is -2.21. The van der Waals surface area contributed by atoms with E-state index in [4.69, 9.17) is 11.1 Å². The van der Waals surface area contributed by atoms with E-state index in [2.05, 4.69) is 24.1 Å².